The Morgan fingerprint density at radius 2 is 2.60 bits per heavy atom. The molecule has 1 aromatic rings. The molecule has 0 bridgehead atoms. The van der Waals surface area contributed by atoms with Crippen LogP contribution in [-0.4, -0.2) is 4.98 Å². The van der Waals surface area contributed by atoms with Crippen molar-refractivity contribution in [1.29, 1.82) is 0 Å². The molecule has 0 aliphatic rings. The standard InChI is InChI=1S/C7H10N2O/c1-2-3-6-5-10-7(4-8)9-6/h2-3,5H,4,8H2,1H3. The lowest BCUT2D eigenvalue weighted by Gasteiger charge is -1.80. The maximum absolute atomic E-state index is 5.28. The zero-order valence-electron chi connectivity index (χ0n) is 5.87. The van der Waals surface area contributed by atoms with Crippen LogP contribution in [0.2, 0.25) is 0 Å². The first kappa shape index (κ1) is 7.02. The second-order valence-electron chi connectivity index (χ2n) is 1.87. The molecule has 2 N–H and O–H groups in total. The molecule has 3 heteroatoms. The highest BCUT2D eigenvalue weighted by Gasteiger charge is 1.95. The Hall–Kier alpha value is -1.09. The van der Waals surface area contributed by atoms with Crippen LogP contribution < -0.4 is 5.73 Å². The van der Waals surface area contributed by atoms with Gasteiger partial charge in [0.15, 0.2) is 0 Å². The van der Waals surface area contributed by atoms with Gasteiger partial charge >= 0.3 is 0 Å². The Balaban J connectivity index is 2.78. The van der Waals surface area contributed by atoms with Gasteiger partial charge in [-0.25, -0.2) is 4.98 Å². The van der Waals surface area contributed by atoms with Gasteiger partial charge < -0.3 is 10.2 Å². The Morgan fingerprint density at radius 1 is 1.80 bits per heavy atom. The summed E-state index contributed by atoms with van der Waals surface area (Å²) in [6.45, 7) is 2.29. The third kappa shape index (κ3) is 1.45. The van der Waals surface area contributed by atoms with Gasteiger partial charge in [-0.15, -0.1) is 0 Å². The SMILES string of the molecule is CC=Cc1coc(CN)n1. The molecule has 1 rings (SSSR count). The van der Waals surface area contributed by atoms with Gasteiger partial charge in [0, 0.05) is 0 Å². The molecular formula is C7H10N2O. The monoisotopic (exact) mass is 138 g/mol. The summed E-state index contributed by atoms with van der Waals surface area (Å²) in [5.74, 6) is 0.577. The third-order valence-corrected chi connectivity index (χ3v) is 1.08. The van der Waals surface area contributed by atoms with Crippen LogP contribution in [0.5, 0.6) is 0 Å². The fourth-order valence-electron chi connectivity index (χ4n) is 0.666. The maximum atomic E-state index is 5.28. The summed E-state index contributed by atoms with van der Waals surface area (Å²) in [6.07, 6.45) is 5.35. The van der Waals surface area contributed by atoms with E-state index in [-0.39, 0.29) is 0 Å². The third-order valence-electron chi connectivity index (χ3n) is 1.08. The van der Waals surface area contributed by atoms with Crippen LogP contribution in [-0.2, 0) is 6.54 Å². The van der Waals surface area contributed by atoms with E-state index in [0.717, 1.165) is 5.69 Å². The molecule has 0 aromatic carbocycles. The summed E-state index contributed by atoms with van der Waals surface area (Å²) < 4.78 is 4.98. The molecule has 0 aliphatic heterocycles. The predicted octanol–water partition coefficient (Wildman–Crippen LogP) is 1.17. The topological polar surface area (TPSA) is 52.0 Å². The fraction of sp³-hybridized carbons (Fsp3) is 0.286. The number of nitrogens with two attached hydrogens (primary N) is 1. The Kier molecular flexibility index (Phi) is 2.23. The summed E-state index contributed by atoms with van der Waals surface area (Å²) in [7, 11) is 0. The van der Waals surface area contributed by atoms with Crippen molar-refractivity contribution in [3.8, 4) is 0 Å². The number of allylic oxidation sites excluding steroid dienone is 1. The lowest BCUT2D eigenvalue weighted by molar-refractivity contribution is 0.497. The Labute approximate surface area is 59.6 Å². The minimum atomic E-state index is 0.359. The normalized spacial score (nSPS) is 11.0. The second kappa shape index (κ2) is 3.17. The van der Waals surface area contributed by atoms with Crippen molar-refractivity contribution < 1.29 is 4.42 Å². The van der Waals surface area contributed by atoms with Gasteiger partial charge in [-0.3, -0.25) is 0 Å². The number of nitrogens with zero attached hydrogens (tertiary/aromatic N) is 1. The van der Waals surface area contributed by atoms with Gasteiger partial charge in [0.25, 0.3) is 0 Å². The number of hydrogen-bond acceptors (Lipinski definition) is 3. The first-order valence-corrected chi connectivity index (χ1v) is 3.14. The molecule has 0 saturated carbocycles. The Morgan fingerprint density at radius 3 is 3.10 bits per heavy atom. The average Bonchev–Trinajstić information content (AvgIpc) is 2.37. The summed E-state index contributed by atoms with van der Waals surface area (Å²) in [5.41, 5.74) is 6.10. The van der Waals surface area contributed by atoms with E-state index in [9.17, 15) is 0 Å². The van der Waals surface area contributed by atoms with Gasteiger partial charge in [-0.2, -0.15) is 0 Å². The van der Waals surface area contributed by atoms with Crippen molar-refractivity contribution in [1.82, 2.24) is 4.98 Å². The van der Waals surface area contributed by atoms with E-state index in [1.807, 2.05) is 19.1 Å². The summed E-state index contributed by atoms with van der Waals surface area (Å²) in [4.78, 5) is 4.04. The highest BCUT2D eigenvalue weighted by atomic mass is 16.3. The Bertz CT molecular complexity index is 227. The van der Waals surface area contributed by atoms with Crippen molar-refractivity contribution in [3.05, 3.63) is 23.9 Å². The largest absolute Gasteiger partial charge is 0.447 e. The maximum Gasteiger partial charge on any atom is 0.208 e. The van der Waals surface area contributed by atoms with Gasteiger partial charge in [0.05, 0.1) is 6.54 Å². The molecule has 1 aromatic heterocycles. The van der Waals surface area contributed by atoms with E-state index in [0.29, 0.717) is 12.4 Å². The van der Waals surface area contributed by atoms with Crippen molar-refractivity contribution in [2.45, 2.75) is 13.5 Å². The molecule has 0 spiro atoms. The van der Waals surface area contributed by atoms with Gasteiger partial charge in [0.2, 0.25) is 5.89 Å². The lowest BCUT2D eigenvalue weighted by Crippen LogP contribution is -1.95. The molecule has 0 fully saturated rings. The molecule has 0 amide bonds. The molecule has 54 valence electrons. The molecule has 10 heavy (non-hydrogen) atoms. The van der Waals surface area contributed by atoms with Crippen LogP contribution in [0.1, 0.15) is 18.5 Å². The lowest BCUT2D eigenvalue weighted by atomic mass is 10.4. The van der Waals surface area contributed by atoms with E-state index in [1.165, 1.54) is 0 Å². The zero-order valence-corrected chi connectivity index (χ0v) is 5.87. The first-order chi connectivity index (χ1) is 4.86. The van der Waals surface area contributed by atoms with Crippen LogP contribution in [0.15, 0.2) is 16.8 Å². The summed E-state index contributed by atoms with van der Waals surface area (Å²) in [6, 6.07) is 0. The minimum Gasteiger partial charge on any atom is -0.447 e. The van der Waals surface area contributed by atoms with E-state index < -0.39 is 0 Å². The van der Waals surface area contributed by atoms with Crippen LogP contribution in [0, 0.1) is 0 Å². The van der Waals surface area contributed by atoms with Crippen molar-refractivity contribution in [2.24, 2.45) is 5.73 Å². The van der Waals surface area contributed by atoms with E-state index in [4.69, 9.17) is 10.2 Å². The van der Waals surface area contributed by atoms with Crippen molar-refractivity contribution in [2.75, 3.05) is 0 Å². The smallest absolute Gasteiger partial charge is 0.208 e. The molecule has 1 heterocycles. The van der Waals surface area contributed by atoms with Crippen LogP contribution in [0.4, 0.5) is 0 Å². The highest BCUT2D eigenvalue weighted by molar-refractivity contribution is 5.41. The van der Waals surface area contributed by atoms with E-state index >= 15 is 0 Å². The molecular weight excluding hydrogens is 128 g/mol. The molecule has 3 nitrogen and oxygen atoms in total. The number of hydrogen-bond donors (Lipinski definition) is 1. The molecule has 0 aliphatic carbocycles. The fourth-order valence-corrected chi connectivity index (χ4v) is 0.666. The molecule has 0 unspecified atom stereocenters. The molecule has 0 radical (unpaired) electrons. The summed E-state index contributed by atoms with van der Waals surface area (Å²) >= 11 is 0. The minimum absolute atomic E-state index is 0.359. The number of rotatable bonds is 2. The zero-order chi connectivity index (χ0) is 7.40. The number of aromatic nitrogens is 1. The predicted molar refractivity (Wildman–Crippen MR) is 39.1 cm³/mol. The molecule has 0 atom stereocenters. The second-order valence-corrected chi connectivity index (χ2v) is 1.87. The van der Waals surface area contributed by atoms with Gasteiger partial charge in [-0.1, -0.05) is 6.08 Å². The van der Waals surface area contributed by atoms with Crippen LogP contribution in [0.3, 0.4) is 0 Å². The molecule has 0 saturated heterocycles. The van der Waals surface area contributed by atoms with Gasteiger partial charge in [-0.05, 0) is 13.0 Å². The van der Waals surface area contributed by atoms with Gasteiger partial charge in [0.1, 0.15) is 12.0 Å². The summed E-state index contributed by atoms with van der Waals surface area (Å²) in [5, 5.41) is 0. The van der Waals surface area contributed by atoms with Crippen LogP contribution in [0.25, 0.3) is 6.08 Å². The van der Waals surface area contributed by atoms with Crippen molar-refractivity contribution in [3.63, 3.8) is 0 Å². The van der Waals surface area contributed by atoms with Crippen molar-refractivity contribution >= 4 is 6.08 Å². The average molecular weight is 138 g/mol. The highest BCUT2D eigenvalue weighted by Crippen LogP contribution is 2.02. The van der Waals surface area contributed by atoms with E-state index in [2.05, 4.69) is 4.98 Å². The number of oxazole rings is 1. The first-order valence-electron chi connectivity index (χ1n) is 3.14. The van der Waals surface area contributed by atoms with E-state index in [1.54, 1.807) is 6.26 Å². The van der Waals surface area contributed by atoms with Crippen LogP contribution >= 0.6 is 0 Å². The quantitative estimate of drug-likeness (QED) is 0.667.